The smallest absolute Gasteiger partial charge is 0.243 e. The van der Waals surface area contributed by atoms with Crippen LogP contribution in [0.4, 0.5) is 0 Å². The standard InChI is InChI=1S/C28H35N3O4S/c29-25(33)27-15-19-12-20(16-27)14-26(13-19,18-27)17-23(32)28(9-2-1-3-10-28)31-36(34,35)22-8-4-6-21-7-5-11-30-24(21)22/h4-8,11,19-20,31H,1-3,9-10,12-18H2,(H2,29,33). The van der Waals surface area contributed by atoms with Gasteiger partial charge in [-0.15, -0.1) is 0 Å². The number of primary amides is 1. The second-order valence-corrected chi connectivity index (χ2v) is 13.9. The maximum atomic E-state index is 14.2. The number of ketones is 1. The van der Waals surface area contributed by atoms with Crippen LogP contribution in [0, 0.1) is 22.7 Å². The van der Waals surface area contributed by atoms with Gasteiger partial charge in [-0.05, 0) is 80.8 Å². The Morgan fingerprint density at radius 3 is 2.39 bits per heavy atom. The highest BCUT2D eigenvalue weighted by atomic mass is 32.2. The van der Waals surface area contributed by atoms with Crippen LogP contribution in [0.2, 0.25) is 0 Å². The summed E-state index contributed by atoms with van der Waals surface area (Å²) in [5, 5.41) is 0.745. The van der Waals surface area contributed by atoms with Crippen molar-refractivity contribution in [2.75, 3.05) is 0 Å². The van der Waals surface area contributed by atoms with Crippen molar-refractivity contribution in [3.8, 4) is 0 Å². The zero-order valence-electron chi connectivity index (χ0n) is 20.7. The van der Waals surface area contributed by atoms with Crippen LogP contribution in [0.3, 0.4) is 0 Å². The van der Waals surface area contributed by atoms with Crippen molar-refractivity contribution in [1.29, 1.82) is 0 Å². The molecule has 4 bridgehead atoms. The summed E-state index contributed by atoms with van der Waals surface area (Å²) in [6.07, 6.45) is 10.9. The maximum Gasteiger partial charge on any atom is 0.243 e. The normalized spacial score (nSPS) is 33.0. The number of pyridine rings is 1. The summed E-state index contributed by atoms with van der Waals surface area (Å²) in [5.41, 5.74) is 4.49. The first-order chi connectivity index (χ1) is 17.1. The van der Waals surface area contributed by atoms with Crippen molar-refractivity contribution in [1.82, 2.24) is 9.71 Å². The highest BCUT2D eigenvalue weighted by Crippen LogP contribution is 2.66. The summed E-state index contributed by atoms with van der Waals surface area (Å²) in [6, 6.07) is 8.73. The van der Waals surface area contributed by atoms with Crippen LogP contribution in [-0.4, -0.2) is 30.6 Å². The molecule has 5 fully saturated rings. The first kappa shape index (κ1) is 24.0. The molecular weight excluding hydrogens is 474 g/mol. The number of nitrogens with one attached hydrogen (secondary N) is 1. The molecule has 0 spiro atoms. The van der Waals surface area contributed by atoms with Crippen LogP contribution in [0.15, 0.2) is 41.4 Å². The van der Waals surface area contributed by atoms with E-state index in [-0.39, 0.29) is 22.0 Å². The summed E-state index contributed by atoms with van der Waals surface area (Å²) < 4.78 is 30.5. The number of hydrogen-bond acceptors (Lipinski definition) is 5. The molecule has 1 heterocycles. The molecule has 3 N–H and O–H groups in total. The SMILES string of the molecule is NC(=O)C12CC3CC(CC(CC(=O)C4(NS(=O)(=O)c5cccc6cccnc56)CCCCC4)(C3)C1)C2. The number of amides is 1. The van der Waals surface area contributed by atoms with Crippen LogP contribution in [0.25, 0.3) is 10.9 Å². The topological polar surface area (TPSA) is 119 Å². The molecule has 0 saturated heterocycles. The third-order valence-electron chi connectivity index (χ3n) is 9.70. The Labute approximate surface area is 212 Å². The summed E-state index contributed by atoms with van der Waals surface area (Å²) in [5.74, 6) is 0.644. The van der Waals surface area contributed by atoms with E-state index in [1.807, 2.05) is 12.1 Å². The van der Waals surface area contributed by atoms with Gasteiger partial charge in [0.1, 0.15) is 4.90 Å². The predicted octanol–water partition coefficient (Wildman–Crippen LogP) is 4.25. The number of Topliss-reactive ketones (excluding diaryl/α,β-unsaturated/α-hetero) is 1. The summed E-state index contributed by atoms with van der Waals surface area (Å²) in [6.45, 7) is 0. The highest BCUT2D eigenvalue weighted by Gasteiger charge is 2.61. The Morgan fingerprint density at radius 1 is 1.00 bits per heavy atom. The van der Waals surface area contributed by atoms with Gasteiger partial charge in [-0.2, -0.15) is 4.72 Å². The van der Waals surface area contributed by atoms with Crippen molar-refractivity contribution < 1.29 is 18.0 Å². The lowest BCUT2D eigenvalue weighted by Gasteiger charge is -2.61. The number of carbonyl (C=O) groups is 2. The number of hydrogen-bond donors (Lipinski definition) is 2. The highest BCUT2D eigenvalue weighted by molar-refractivity contribution is 7.89. The number of nitrogens with zero attached hydrogens (tertiary/aromatic N) is 1. The monoisotopic (exact) mass is 509 g/mol. The Balaban J connectivity index is 1.32. The fourth-order valence-corrected chi connectivity index (χ4v) is 10.3. The minimum absolute atomic E-state index is 0.0134. The number of benzene rings is 1. The van der Waals surface area contributed by atoms with Gasteiger partial charge in [0.25, 0.3) is 0 Å². The number of aromatic nitrogens is 1. The van der Waals surface area contributed by atoms with Gasteiger partial charge < -0.3 is 5.73 Å². The molecular formula is C28H35N3O4S. The average Bonchev–Trinajstić information content (AvgIpc) is 2.83. The fraction of sp³-hybridized carbons (Fsp3) is 0.607. The van der Waals surface area contributed by atoms with Gasteiger partial charge in [0.05, 0.1) is 16.5 Å². The molecule has 2 aromatic rings. The zero-order chi connectivity index (χ0) is 25.2. The molecule has 5 aliphatic rings. The van der Waals surface area contributed by atoms with Crippen molar-refractivity contribution in [2.24, 2.45) is 28.4 Å². The van der Waals surface area contributed by atoms with E-state index in [1.54, 1.807) is 24.4 Å². The molecule has 7 rings (SSSR count). The maximum absolute atomic E-state index is 14.2. The molecule has 1 aromatic heterocycles. The van der Waals surface area contributed by atoms with E-state index in [0.29, 0.717) is 43.0 Å². The number of fused-ring (bicyclic) bond motifs is 1. The van der Waals surface area contributed by atoms with Gasteiger partial charge in [-0.1, -0.05) is 37.5 Å². The van der Waals surface area contributed by atoms with Gasteiger partial charge in [-0.3, -0.25) is 14.6 Å². The number of carbonyl (C=O) groups excluding carboxylic acids is 2. The van der Waals surface area contributed by atoms with Crippen LogP contribution in [0.1, 0.15) is 77.0 Å². The third kappa shape index (κ3) is 3.88. The van der Waals surface area contributed by atoms with Crippen LogP contribution in [0.5, 0.6) is 0 Å². The molecule has 2 atom stereocenters. The first-order valence-corrected chi connectivity index (χ1v) is 14.8. The number of para-hydroxylation sites is 1. The van der Waals surface area contributed by atoms with Gasteiger partial charge in [-0.25, -0.2) is 8.42 Å². The molecule has 5 aliphatic carbocycles. The summed E-state index contributed by atoms with van der Waals surface area (Å²) in [7, 11) is -3.99. The second kappa shape index (κ2) is 8.35. The Morgan fingerprint density at radius 2 is 1.69 bits per heavy atom. The van der Waals surface area contributed by atoms with E-state index in [2.05, 4.69) is 9.71 Å². The van der Waals surface area contributed by atoms with Gasteiger partial charge >= 0.3 is 0 Å². The molecule has 1 aromatic carbocycles. The van der Waals surface area contributed by atoms with Crippen molar-refractivity contribution in [2.45, 2.75) is 87.5 Å². The molecule has 36 heavy (non-hydrogen) atoms. The molecule has 7 nitrogen and oxygen atoms in total. The number of nitrogens with two attached hydrogens (primary N) is 1. The van der Waals surface area contributed by atoms with E-state index >= 15 is 0 Å². The van der Waals surface area contributed by atoms with Gasteiger partial charge in [0.15, 0.2) is 5.78 Å². The van der Waals surface area contributed by atoms with E-state index < -0.39 is 21.0 Å². The van der Waals surface area contributed by atoms with E-state index in [1.165, 1.54) is 0 Å². The lowest BCUT2D eigenvalue weighted by Crippen LogP contribution is -2.60. The van der Waals surface area contributed by atoms with Gasteiger partial charge in [0.2, 0.25) is 15.9 Å². The third-order valence-corrected chi connectivity index (χ3v) is 11.3. The Bertz CT molecular complexity index is 1310. The predicted molar refractivity (Wildman–Crippen MR) is 136 cm³/mol. The minimum atomic E-state index is -3.99. The van der Waals surface area contributed by atoms with Gasteiger partial charge in [0, 0.05) is 18.0 Å². The Hall–Kier alpha value is -2.32. The van der Waals surface area contributed by atoms with Crippen LogP contribution in [-0.2, 0) is 19.6 Å². The molecule has 0 radical (unpaired) electrons. The average molecular weight is 510 g/mol. The molecule has 192 valence electrons. The zero-order valence-corrected chi connectivity index (χ0v) is 21.5. The lowest BCUT2D eigenvalue weighted by molar-refractivity contribution is -0.159. The quantitative estimate of drug-likeness (QED) is 0.578. The van der Waals surface area contributed by atoms with Crippen molar-refractivity contribution in [3.63, 3.8) is 0 Å². The second-order valence-electron chi connectivity index (χ2n) is 12.3. The Kier molecular flexibility index (Phi) is 5.58. The molecule has 2 unspecified atom stereocenters. The largest absolute Gasteiger partial charge is 0.369 e. The van der Waals surface area contributed by atoms with Crippen molar-refractivity contribution in [3.05, 3.63) is 36.5 Å². The first-order valence-electron chi connectivity index (χ1n) is 13.4. The van der Waals surface area contributed by atoms with E-state index in [4.69, 9.17) is 5.73 Å². The number of sulfonamides is 1. The summed E-state index contributed by atoms with van der Waals surface area (Å²) in [4.78, 5) is 31.2. The number of rotatable bonds is 7. The lowest BCUT2D eigenvalue weighted by atomic mass is 9.43. The van der Waals surface area contributed by atoms with Crippen molar-refractivity contribution >= 4 is 32.6 Å². The molecule has 0 aliphatic heterocycles. The molecule has 5 saturated carbocycles. The van der Waals surface area contributed by atoms with E-state index in [9.17, 15) is 18.0 Å². The van der Waals surface area contributed by atoms with E-state index in [0.717, 1.165) is 56.8 Å². The molecule has 1 amide bonds. The summed E-state index contributed by atoms with van der Waals surface area (Å²) >= 11 is 0. The minimum Gasteiger partial charge on any atom is -0.369 e. The fourth-order valence-electron chi connectivity index (χ4n) is 8.66. The molecule has 8 heteroatoms. The van der Waals surface area contributed by atoms with Crippen LogP contribution >= 0.6 is 0 Å². The van der Waals surface area contributed by atoms with Crippen LogP contribution < -0.4 is 10.5 Å².